The smallest absolute Gasteiger partial charge is 0.242 e. The van der Waals surface area contributed by atoms with Crippen molar-refractivity contribution < 1.29 is 9.59 Å². The van der Waals surface area contributed by atoms with Gasteiger partial charge >= 0.3 is 0 Å². The van der Waals surface area contributed by atoms with Crippen LogP contribution in [0.4, 0.5) is 0 Å². The Morgan fingerprint density at radius 1 is 1.00 bits per heavy atom. The molecule has 2 aromatic rings. The Morgan fingerprint density at radius 2 is 1.66 bits per heavy atom. The van der Waals surface area contributed by atoms with Gasteiger partial charge in [0.1, 0.15) is 18.4 Å². The predicted molar refractivity (Wildman–Crippen MR) is 115 cm³/mol. The van der Waals surface area contributed by atoms with E-state index in [2.05, 4.69) is 16.2 Å². The van der Waals surface area contributed by atoms with Gasteiger partial charge in [0.2, 0.25) is 11.8 Å². The van der Waals surface area contributed by atoms with E-state index in [0.717, 1.165) is 49.2 Å². The van der Waals surface area contributed by atoms with Crippen molar-refractivity contribution in [2.45, 2.75) is 19.5 Å². The molecule has 0 spiro atoms. The molecule has 4 rings (SSSR count). The van der Waals surface area contributed by atoms with Crippen molar-refractivity contribution in [3.63, 3.8) is 0 Å². The molecule has 2 aromatic heterocycles. The molecule has 0 aromatic carbocycles. The normalized spacial score (nSPS) is 17.5. The Kier molecular flexibility index (Phi) is 6.81. The first-order valence-corrected chi connectivity index (χ1v) is 12.2. The van der Waals surface area contributed by atoms with Crippen LogP contribution in [-0.2, 0) is 22.7 Å². The second-order valence-electron chi connectivity index (χ2n) is 7.05. The minimum Gasteiger partial charge on any atom is -0.341 e. The summed E-state index contributed by atoms with van der Waals surface area (Å²) in [6.45, 7) is 4.13. The summed E-state index contributed by atoms with van der Waals surface area (Å²) in [5.74, 6) is 5.01. The fourth-order valence-corrected chi connectivity index (χ4v) is 5.28. The second-order valence-corrected chi connectivity index (χ2v) is 9.50. The van der Waals surface area contributed by atoms with Crippen LogP contribution in [0.2, 0.25) is 0 Å². The number of aryl methyl sites for hydroxylation is 1. The number of thioether (sulfide) groups is 2. The molecule has 10 heteroatoms. The van der Waals surface area contributed by atoms with Crippen LogP contribution in [0.5, 0.6) is 0 Å². The molecule has 29 heavy (non-hydrogen) atoms. The largest absolute Gasteiger partial charge is 0.341 e. The monoisotopic (exact) mass is 433 g/mol. The molecule has 0 bridgehead atoms. The minimum atomic E-state index is 0.120. The molecule has 4 heterocycles. The molecule has 2 fully saturated rings. The lowest BCUT2D eigenvalue weighted by Gasteiger charge is -2.26. The summed E-state index contributed by atoms with van der Waals surface area (Å²) in [5, 5.41) is 0. The zero-order chi connectivity index (χ0) is 20.1. The van der Waals surface area contributed by atoms with Gasteiger partial charge in [0.25, 0.3) is 0 Å². The molecule has 155 valence electrons. The van der Waals surface area contributed by atoms with Crippen molar-refractivity contribution >= 4 is 35.3 Å². The number of carbonyl (C=O) groups is 2. The summed E-state index contributed by atoms with van der Waals surface area (Å²) in [7, 11) is 0. The molecular formula is C19H25N6O2S2. The molecule has 8 nitrogen and oxygen atoms in total. The maximum Gasteiger partial charge on any atom is 0.242 e. The highest BCUT2D eigenvalue weighted by molar-refractivity contribution is 7.99. The van der Waals surface area contributed by atoms with Crippen LogP contribution in [0.1, 0.15) is 6.42 Å². The number of nitrogens with zero attached hydrogens (tertiary/aromatic N) is 6. The summed E-state index contributed by atoms with van der Waals surface area (Å²) in [4.78, 5) is 37.5. The summed E-state index contributed by atoms with van der Waals surface area (Å²) in [6.07, 6.45) is 8.56. The van der Waals surface area contributed by atoms with E-state index in [1.165, 1.54) is 0 Å². The van der Waals surface area contributed by atoms with Crippen LogP contribution in [-0.4, -0.2) is 89.9 Å². The van der Waals surface area contributed by atoms with Crippen molar-refractivity contribution in [3.8, 4) is 11.5 Å². The molecular weight excluding hydrogens is 408 g/mol. The number of imidazole rings is 2. The molecule has 2 saturated heterocycles. The second kappa shape index (κ2) is 9.71. The number of hydrogen-bond acceptors (Lipinski definition) is 6. The van der Waals surface area contributed by atoms with E-state index >= 15 is 0 Å². The third-order valence-electron chi connectivity index (χ3n) is 5.13. The van der Waals surface area contributed by atoms with Gasteiger partial charge in [-0.15, -0.1) is 0 Å². The molecule has 0 unspecified atom stereocenters. The number of aromatic nitrogens is 4. The third-order valence-corrected chi connectivity index (χ3v) is 7.02. The van der Waals surface area contributed by atoms with Crippen LogP contribution in [0, 0.1) is 6.20 Å². The van der Waals surface area contributed by atoms with E-state index < -0.39 is 0 Å². The van der Waals surface area contributed by atoms with Crippen molar-refractivity contribution in [1.82, 2.24) is 28.9 Å². The summed E-state index contributed by atoms with van der Waals surface area (Å²) in [5.41, 5.74) is 0.690. The Morgan fingerprint density at radius 3 is 2.34 bits per heavy atom. The molecule has 0 aliphatic carbocycles. The average Bonchev–Trinajstić information content (AvgIpc) is 3.42. The lowest BCUT2D eigenvalue weighted by molar-refractivity contribution is -0.132. The Labute approximate surface area is 179 Å². The highest BCUT2D eigenvalue weighted by atomic mass is 32.2. The van der Waals surface area contributed by atoms with Gasteiger partial charge in [0, 0.05) is 74.5 Å². The van der Waals surface area contributed by atoms with Gasteiger partial charge in [-0.25, -0.2) is 9.97 Å². The first-order chi connectivity index (χ1) is 14.2. The number of carbonyl (C=O) groups excluding carboxylic acids is 2. The molecule has 0 atom stereocenters. The van der Waals surface area contributed by atoms with Crippen LogP contribution in [0.15, 0.2) is 18.7 Å². The van der Waals surface area contributed by atoms with Gasteiger partial charge in [-0.05, 0) is 0 Å². The van der Waals surface area contributed by atoms with Crippen molar-refractivity contribution in [3.05, 3.63) is 24.9 Å². The lowest BCUT2D eigenvalue weighted by atomic mass is 10.3. The van der Waals surface area contributed by atoms with Crippen LogP contribution in [0.3, 0.4) is 0 Å². The van der Waals surface area contributed by atoms with E-state index in [1.54, 1.807) is 17.1 Å². The van der Waals surface area contributed by atoms with Crippen LogP contribution < -0.4 is 0 Å². The van der Waals surface area contributed by atoms with Gasteiger partial charge < -0.3 is 18.9 Å². The zero-order valence-corrected chi connectivity index (χ0v) is 18.0. The van der Waals surface area contributed by atoms with Crippen molar-refractivity contribution in [2.24, 2.45) is 0 Å². The number of rotatable bonds is 6. The van der Waals surface area contributed by atoms with E-state index in [4.69, 9.17) is 0 Å². The Balaban J connectivity index is 1.35. The predicted octanol–water partition coefficient (Wildman–Crippen LogP) is 1.09. The van der Waals surface area contributed by atoms with Crippen molar-refractivity contribution in [2.75, 3.05) is 49.2 Å². The highest BCUT2D eigenvalue weighted by Crippen LogP contribution is 2.17. The number of amides is 2. The van der Waals surface area contributed by atoms with Crippen LogP contribution in [0.25, 0.3) is 11.5 Å². The molecule has 0 saturated carbocycles. The van der Waals surface area contributed by atoms with Gasteiger partial charge in [-0.2, -0.15) is 23.5 Å². The summed E-state index contributed by atoms with van der Waals surface area (Å²) in [6, 6.07) is 0. The van der Waals surface area contributed by atoms with Gasteiger partial charge in [-0.3, -0.25) is 9.59 Å². The molecule has 1 radical (unpaired) electrons. The fraction of sp³-hybridized carbons (Fsp3) is 0.579. The minimum absolute atomic E-state index is 0.120. The van der Waals surface area contributed by atoms with Gasteiger partial charge in [0.15, 0.2) is 5.82 Å². The van der Waals surface area contributed by atoms with E-state index in [0.29, 0.717) is 24.5 Å². The number of hydrogen-bond donors (Lipinski definition) is 0. The first kappa shape index (κ1) is 20.3. The van der Waals surface area contributed by atoms with E-state index in [-0.39, 0.29) is 18.4 Å². The summed E-state index contributed by atoms with van der Waals surface area (Å²) < 4.78 is 3.71. The fourth-order valence-electron chi connectivity index (χ4n) is 3.48. The maximum atomic E-state index is 12.5. The van der Waals surface area contributed by atoms with Gasteiger partial charge in [-0.1, -0.05) is 0 Å². The lowest BCUT2D eigenvalue weighted by Crippen LogP contribution is -2.39. The average molecular weight is 434 g/mol. The Hall–Kier alpha value is -1.94. The quantitative estimate of drug-likeness (QED) is 0.679. The highest BCUT2D eigenvalue weighted by Gasteiger charge is 2.19. The van der Waals surface area contributed by atoms with Crippen molar-refractivity contribution in [1.29, 1.82) is 0 Å². The first-order valence-electron chi connectivity index (χ1n) is 9.87. The maximum absolute atomic E-state index is 12.5. The zero-order valence-electron chi connectivity index (χ0n) is 16.3. The Bertz CT molecular complexity index is 839. The summed E-state index contributed by atoms with van der Waals surface area (Å²) >= 11 is 3.78. The molecule has 2 aliphatic rings. The van der Waals surface area contributed by atoms with Crippen LogP contribution >= 0.6 is 23.5 Å². The van der Waals surface area contributed by atoms with E-state index in [9.17, 15) is 9.59 Å². The molecule has 2 aliphatic heterocycles. The third kappa shape index (κ3) is 5.16. The molecule has 2 amide bonds. The molecule has 0 N–H and O–H groups in total. The standard InChI is InChI=1S/C19H25N6O2S2/c26-17(23-5-9-28-10-6-23)1-3-25-4-2-20-19(25)16-13-22(15-21-16)14-18(27)24-7-11-29-12-8-24/h4,13,15H,1,3,5-12,14H2. The SMILES string of the molecule is O=C(CCn1c[c]nc1-c1cn(CC(=O)N2CCSCC2)cn1)N1CCSCC1. The van der Waals surface area contributed by atoms with E-state index in [1.807, 2.05) is 44.1 Å². The topological polar surface area (TPSA) is 76.3 Å². The van der Waals surface area contributed by atoms with Gasteiger partial charge in [0.05, 0.1) is 6.33 Å².